The summed E-state index contributed by atoms with van der Waals surface area (Å²) in [5.41, 5.74) is -0.0938. The molecule has 0 amide bonds. The minimum atomic E-state index is -1.01. The average molecular weight is 159 g/mol. The second-order valence-electron chi connectivity index (χ2n) is 2.13. The van der Waals surface area contributed by atoms with Crippen molar-refractivity contribution in [2.24, 2.45) is 4.90 Å². The van der Waals surface area contributed by atoms with Crippen LogP contribution in [0, 0.1) is 0 Å². The molecule has 2 unspecified atom stereocenters. The van der Waals surface area contributed by atoms with Gasteiger partial charge >= 0.3 is 63.5 Å². The van der Waals surface area contributed by atoms with Crippen molar-refractivity contribution in [2.75, 3.05) is 13.7 Å². The van der Waals surface area contributed by atoms with Gasteiger partial charge in [-0.3, -0.25) is 0 Å². The summed E-state index contributed by atoms with van der Waals surface area (Å²) in [5.74, 6) is 0. The fourth-order valence-electron chi connectivity index (χ4n) is 0.903. The van der Waals surface area contributed by atoms with Gasteiger partial charge in [0.2, 0.25) is 0 Å². The Morgan fingerprint density at radius 1 is 1.80 bits per heavy atom. The molecule has 0 aromatic heterocycles. The predicted octanol–water partition coefficient (Wildman–Crippen LogP) is 0.304. The van der Waals surface area contributed by atoms with E-state index in [1.54, 1.807) is 7.05 Å². The first kappa shape index (κ1) is 8.23. The van der Waals surface area contributed by atoms with Gasteiger partial charge in [-0.2, -0.15) is 0 Å². The first-order chi connectivity index (χ1) is 4.84. The standard InChI is InChI=1S/C5H10BNO2S/c1-7-6-10(8)5-3-2-4-9-5/h5H,2-4H2,1H3. The Labute approximate surface area is 64.2 Å². The van der Waals surface area contributed by atoms with Gasteiger partial charge in [0, 0.05) is 0 Å². The van der Waals surface area contributed by atoms with Gasteiger partial charge in [-0.15, -0.1) is 0 Å². The Balaban J connectivity index is 2.32. The summed E-state index contributed by atoms with van der Waals surface area (Å²) in [4.78, 5) is 3.68. The summed E-state index contributed by atoms with van der Waals surface area (Å²) in [5, 5.41) is 0. The summed E-state index contributed by atoms with van der Waals surface area (Å²) < 4.78 is 16.3. The first-order valence-corrected chi connectivity index (χ1v) is 4.55. The van der Waals surface area contributed by atoms with Crippen molar-refractivity contribution >= 4 is 17.4 Å². The Bertz CT molecular complexity index is 127. The normalized spacial score (nSPS) is 28.8. The molecule has 3 nitrogen and oxygen atoms in total. The predicted molar refractivity (Wildman–Crippen MR) is 41.2 cm³/mol. The molecule has 1 fully saturated rings. The SMILES string of the molecule is CN=B[S+]([O-])C1CCCO1. The number of nitrogens with zero attached hydrogens (tertiary/aromatic N) is 1. The van der Waals surface area contributed by atoms with E-state index in [4.69, 9.17) is 4.74 Å². The number of hydrogen-bond acceptors (Lipinski definition) is 3. The number of ether oxygens (including phenoxy) is 1. The summed E-state index contributed by atoms with van der Waals surface area (Å²) in [6.45, 7) is 0.744. The van der Waals surface area contributed by atoms with E-state index in [0.717, 1.165) is 19.4 Å². The van der Waals surface area contributed by atoms with Crippen molar-refractivity contribution in [3.8, 4) is 0 Å². The molecule has 1 aliphatic rings. The average Bonchev–Trinajstić information content (AvgIpc) is 2.38. The molecule has 2 atom stereocenters. The van der Waals surface area contributed by atoms with Crippen LogP contribution in [0.2, 0.25) is 0 Å². The fourth-order valence-corrected chi connectivity index (χ4v) is 1.88. The van der Waals surface area contributed by atoms with Crippen molar-refractivity contribution in [1.82, 2.24) is 0 Å². The molecular weight excluding hydrogens is 149 g/mol. The Kier molecular flexibility index (Phi) is 3.38. The molecule has 0 aromatic rings. The zero-order valence-electron chi connectivity index (χ0n) is 5.95. The van der Waals surface area contributed by atoms with E-state index < -0.39 is 11.0 Å². The zero-order chi connectivity index (χ0) is 7.40. The van der Waals surface area contributed by atoms with Crippen molar-refractivity contribution in [3.05, 3.63) is 0 Å². The molecule has 1 saturated heterocycles. The third-order valence-electron chi connectivity index (χ3n) is 1.36. The summed E-state index contributed by atoms with van der Waals surface area (Å²) in [6.07, 6.45) is 3.36. The van der Waals surface area contributed by atoms with Crippen LogP contribution in [0.1, 0.15) is 12.8 Å². The Morgan fingerprint density at radius 3 is 3.10 bits per heavy atom. The van der Waals surface area contributed by atoms with Crippen LogP contribution in [-0.4, -0.2) is 30.0 Å². The van der Waals surface area contributed by atoms with Gasteiger partial charge in [-0.25, -0.2) is 0 Å². The van der Waals surface area contributed by atoms with Crippen molar-refractivity contribution in [2.45, 2.75) is 18.3 Å². The molecule has 0 N–H and O–H groups in total. The molecule has 0 radical (unpaired) electrons. The number of rotatable bonds is 2. The number of hydrogen-bond donors (Lipinski definition) is 0. The Morgan fingerprint density at radius 2 is 2.60 bits per heavy atom. The van der Waals surface area contributed by atoms with E-state index in [1.165, 1.54) is 6.35 Å². The molecule has 10 heavy (non-hydrogen) atoms. The van der Waals surface area contributed by atoms with Crippen LogP contribution in [0.25, 0.3) is 0 Å². The van der Waals surface area contributed by atoms with E-state index in [-0.39, 0.29) is 5.44 Å². The van der Waals surface area contributed by atoms with Crippen LogP contribution in [0.5, 0.6) is 0 Å². The van der Waals surface area contributed by atoms with Gasteiger partial charge in [-0.05, 0) is 0 Å². The fraction of sp³-hybridized carbons (Fsp3) is 1.00. The van der Waals surface area contributed by atoms with E-state index in [2.05, 4.69) is 4.90 Å². The second kappa shape index (κ2) is 4.11. The molecule has 1 rings (SSSR count). The topological polar surface area (TPSA) is 44.7 Å². The van der Waals surface area contributed by atoms with Crippen molar-refractivity contribution in [1.29, 1.82) is 0 Å². The monoisotopic (exact) mass is 159 g/mol. The molecule has 56 valence electrons. The summed E-state index contributed by atoms with van der Waals surface area (Å²) in [7, 11) is 1.62. The molecule has 1 aliphatic heterocycles. The van der Waals surface area contributed by atoms with Crippen LogP contribution in [0.15, 0.2) is 4.90 Å². The van der Waals surface area contributed by atoms with Gasteiger partial charge in [0.25, 0.3) is 0 Å². The van der Waals surface area contributed by atoms with Crippen LogP contribution in [0.4, 0.5) is 0 Å². The van der Waals surface area contributed by atoms with Gasteiger partial charge in [0.15, 0.2) is 0 Å². The van der Waals surface area contributed by atoms with Gasteiger partial charge < -0.3 is 0 Å². The molecule has 0 aliphatic carbocycles. The molecule has 0 bridgehead atoms. The molecule has 5 heteroatoms. The van der Waals surface area contributed by atoms with Crippen molar-refractivity contribution in [3.63, 3.8) is 0 Å². The summed E-state index contributed by atoms with van der Waals surface area (Å²) >= 11 is -1.01. The summed E-state index contributed by atoms with van der Waals surface area (Å²) in [6, 6.07) is 0. The maximum absolute atomic E-state index is 11.1. The molecule has 0 aromatic carbocycles. The maximum atomic E-state index is 11.1. The van der Waals surface area contributed by atoms with Gasteiger partial charge in [-0.1, -0.05) is 0 Å². The van der Waals surface area contributed by atoms with Crippen molar-refractivity contribution < 1.29 is 9.29 Å². The molecule has 0 spiro atoms. The van der Waals surface area contributed by atoms with E-state index in [9.17, 15) is 4.55 Å². The van der Waals surface area contributed by atoms with Crippen LogP contribution < -0.4 is 0 Å². The third-order valence-corrected chi connectivity index (χ3v) is 2.66. The molecule has 0 saturated carbocycles. The third kappa shape index (κ3) is 2.07. The molecular formula is C5H10BNO2S. The zero-order valence-corrected chi connectivity index (χ0v) is 6.76. The van der Waals surface area contributed by atoms with E-state index in [0.29, 0.717) is 0 Å². The first-order valence-electron chi connectivity index (χ1n) is 3.28. The van der Waals surface area contributed by atoms with E-state index in [1.807, 2.05) is 0 Å². The van der Waals surface area contributed by atoms with Crippen LogP contribution in [0.3, 0.4) is 0 Å². The van der Waals surface area contributed by atoms with Crippen LogP contribution in [-0.2, 0) is 15.8 Å². The minimum absolute atomic E-state index is 0.0938. The molecule has 1 heterocycles. The van der Waals surface area contributed by atoms with E-state index >= 15 is 0 Å². The Hall–Kier alpha value is 0.135. The quantitative estimate of drug-likeness (QED) is 0.429. The van der Waals surface area contributed by atoms with Gasteiger partial charge in [0.1, 0.15) is 0 Å². The second-order valence-corrected chi connectivity index (χ2v) is 3.53. The van der Waals surface area contributed by atoms with Gasteiger partial charge in [0.05, 0.1) is 0 Å². The van der Waals surface area contributed by atoms with Crippen LogP contribution >= 0.6 is 0 Å².